The van der Waals surface area contributed by atoms with Crippen molar-refractivity contribution < 1.29 is 14.2 Å². The molecule has 1 aromatic rings. The van der Waals surface area contributed by atoms with Gasteiger partial charge in [0, 0.05) is 18.4 Å². The molecule has 0 saturated heterocycles. The molecule has 2 unspecified atom stereocenters. The van der Waals surface area contributed by atoms with Crippen molar-refractivity contribution in [3.63, 3.8) is 0 Å². The smallest absolute Gasteiger partial charge is 0.377 e. The van der Waals surface area contributed by atoms with E-state index in [0.717, 1.165) is 24.2 Å². The molecule has 7 heteroatoms. The van der Waals surface area contributed by atoms with Gasteiger partial charge in [0.2, 0.25) is 5.79 Å². The summed E-state index contributed by atoms with van der Waals surface area (Å²) in [6.45, 7) is 6.79. The lowest BCUT2D eigenvalue weighted by Gasteiger charge is -2.40. The molecule has 22 heavy (non-hydrogen) atoms. The van der Waals surface area contributed by atoms with Crippen LogP contribution in [0.1, 0.15) is 39.2 Å². The van der Waals surface area contributed by atoms with Crippen molar-refractivity contribution in [2.45, 2.75) is 46.0 Å². The first-order valence-corrected chi connectivity index (χ1v) is 12.6. The summed E-state index contributed by atoms with van der Waals surface area (Å²) in [6.07, 6.45) is 2.29. The van der Waals surface area contributed by atoms with E-state index in [2.05, 4.69) is 13.8 Å². The van der Waals surface area contributed by atoms with Crippen LogP contribution in [0, 0.1) is 5.92 Å². The van der Waals surface area contributed by atoms with Crippen molar-refractivity contribution in [2.24, 2.45) is 5.92 Å². The molecule has 0 fully saturated rings. The summed E-state index contributed by atoms with van der Waals surface area (Å²) < 4.78 is 17.6. The van der Waals surface area contributed by atoms with Crippen LogP contribution in [0.2, 0.25) is 0 Å². The maximum Gasteiger partial charge on any atom is 0.377 e. The van der Waals surface area contributed by atoms with E-state index in [4.69, 9.17) is 47.4 Å². The number of hydrogen-bond acceptors (Lipinski definition) is 3. The zero-order chi connectivity index (χ0) is 16.4. The Labute approximate surface area is 146 Å². The predicted octanol–water partition coefficient (Wildman–Crippen LogP) is 5.32. The van der Waals surface area contributed by atoms with E-state index in [1.54, 1.807) is 0 Å². The molecular weight excluding hydrogens is 363 g/mol. The Morgan fingerprint density at radius 3 is 2.73 bits per heavy atom. The highest BCUT2D eigenvalue weighted by atomic mass is 35.8. The lowest BCUT2D eigenvalue weighted by molar-refractivity contribution is -0.223. The topological polar surface area (TPSA) is 27.7 Å². The lowest BCUT2D eigenvalue weighted by Crippen LogP contribution is -2.44. The van der Waals surface area contributed by atoms with Gasteiger partial charge in [0.1, 0.15) is 17.7 Å². The summed E-state index contributed by atoms with van der Waals surface area (Å²) >= 11 is 17.5. The Balaban J connectivity index is 2.08. The van der Waals surface area contributed by atoms with E-state index < -0.39 is 11.8 Å². The van der Waals surface area contributed by atoms with Gasteiger partial charge < -0.3 is 14.2 Å². The molecule has 1 heterocycles. The van der Waals surface area contributed by atoms with Crippen LogP contribution >= 0.6 is 33.2 Å². The van der Waals surface area contributed by atoms with Gasteiger partial charge >= 0.3 is 6.00 Å². The molecule has 0 amide bonds. The van der Waals surface area contributed by atoms with Crippen LogP contribution in [-0.2, 0) is 11.3 Å². The number of hydrogen-bond donors (Lipinski definition) is 0. The minimum Gasteiger partial charge on any atom is -0.493 e. The number of fused-ring (bicyclic) bond motifs is 1. The molecule has 1 aliphatic rings. The average Bonchev–Trinajstić information content (AvgIpc) is 2.44. The number of rotatable bonds is 6. The molecule has 0 saturated carbocycles. The fourth-order valence-corrected chi connectivity index (χ4v) is 3.25. The molecule has 0 bridgehead atoms. The van der Waals surface area contributed by atoms with Crippen LogP contribution in [0.15, 0.2) is 18.2 Å². The number of halogens is 3. The second-order valence-corrected chi connectivity index (χ2v) is 14.8. The monoisotopic (exact) mass is 382 g/mol. The zero-order valence-corrected chi connectivity index (χ0v) is 16.3. The minimum atomic E-state index is -2.79. The van der Waals surface area contributed by atoms with E-state index in [1.807, 2.05) is 25.1 Å². The first-order valence-electron chi connectivity index (χ1n) is 7.39. The lowest BCUT2D eigenvalue weighted by atomic mass is 9.96. The van der Waals surface area contributed by atoms with Crippen LogP contribution < -0.4 is 9.47 Å². The van der Waals surface area contributed by atoms with Gasteiger partial charge in [-0.1, -0.05) is 20.3 Å². The van der Waals surface area contributed by atoms with E-state index in [-0.39, 0.29) is 6.23 Å². The molecule has 0 spiro atoms. The normalized spacial score (nSPS) is 22.6. The second kappa shape index (κ2) is 7.18. The van der Waals surface area contributed by atoms with Crippen molar-refractivity contribution >= 4 is 39.2 Å². The molecule has 0 aliphatic carbocycles. The predicted molar refractivity (Wildman–Crippen MR) is 93.1 cm³/mol. The highest BCUT2D eigenvalue weighted by molar-refractivity contribution is 7.64. The van der Waals surface area contributed by atoms with Crippen LogP contribution in [0.25, 0.3) is 0 Å². The average molecular weight is 384 g/mol. The zero-order valence-electron chi connectivity index (χ0n) is 13.0. The third-order valence-electron chi connectivity index (χ3n) is 3.88. The Morgan fingerprint density at radius 2 is 2.09 bits per heavy atom. The number of benzene rings is 1. The van der Waals surface area contributed by atoms with E-state index in [1.165, 1.54) is 0 Å². The van der Waals surface area contributed by atoms with Gasteiger partial charge in [0.05, 0.1) is 6.61 Å². The SMILES string of the molecule is CCCC(C)C1(C)OCc2cc(OC[Si](Cl)(Cl)Cl)ccc2O1. The summed E-state index contributed by atoms with van der Waals surface area (Å²) in [5.41, 5.74) is 0.949. The maximum absolute atomic E-state index is 6.09. The molecule has 1 aromatic carbocycles. The largest absolute Gasteiger partial charge is 0.493 e. The maximum atomic E-state index is 6.09. The van der Waals surface area contributed by atoms with Crippen LogP contribution in [-0.4, -0.2) is 18.0 Å². The third-order valence-corrected chi connectivity index (χ3v) is 5.33. The van der Waals surface area contributed by atoms with Gasteiger partial charge in [-0.2, -0.15) is 0 Å². The Bertz CT molecular complexity index is 521. The first kappa shape index (κ1) is 18.2. The van der Waals surface area contributed by atoms with Gasteiger partial charge in [-0.25, -0.2) is 0 Å². The van der Waals surface area contributed by atoms with E-state index in [0.29, 0.717) is 18.3 Å². The molecule has 124 valence electrons. The van der Waals surface area contributed by atoms with Crippen LogP contribution in [0.5, 0.6) is 11.5 Å². The molecule has 0 N–H and O–H groups in total. The van der Waals surface area contributed by atoms with Crippen LogP contribution in [0.4, 0.5) is 0 Å². The van der Waals surface area contributed by atoms with E-state index in [9.17, 15) is 0 Å². The van der Waals surface area contributed by atoms with Crippen molar-refractivity contribution in [3.05, 3.63) is 23.8 Å². The molecular formula is C15H21Cl3O3Si. The van der Waals surface area contributed by atoms with Crippen molar-refractivity contribution in [3.8, 4) is 11.5 Å². The third kappa shape index (κ3) is 4.68. The second-order valence-electron chi connectivity index (χ2n) is 5.77. The molecule has 2 rings (SSSR count). The summed E-state index contributed by atoms with van der Waals surface area (Å²) in [7, 11) is 0. The Hall–Kier alpha value is -0.133. The summed E-state index contributed by atoms with van der Waals surface area (Å²) in [5, 5.41) is 0. The highest BCUT2D eigenvalue weighted by Crippen LogP contribution is 2.38. The fraction of sp³-hybridized carbons (Fsp3) is 0.600. The first-order chi connectivity index (χ1) is 10.2. The highest BCUT2D eigenvalue weighted by Gasteiger charge is 2.38. The van der Waals surface area contributed by atoms with Crippen molar-refractivity contribution in [2.75, 3.05) is 6.23 Å². The minimum absolute atomic E-state index is 0.128. The summed E-state index contributed by atoms with van der Waals surface area (Å²) in [4.78, 5) is 0. The molecule has 0 radical (unpaired) electrons. The van der Waals surface area contributed by atoms with Gasteiger partial charge in [-0.15, -0.1) is 33.2 Å². The van der Waals surface area contributed by atoms with Gasteiger partial charge in [-0.05, 0) is 24.6 Å². The molecule has 3 nitrogen and oxygen atoms in total. The molecule has 0 aromatic heterocycles. The van der Waals surface area contributed by atoms with Gasteiger partial charge in [0.15, 0.2) is 0 Å². The van der Waals surface area contributed by atoms with E-state index >= 15 is 0 Å². The summed E-state index contributed by atoms with van der Waals surface area (Å²) in [6, 6.07) is 2.81. The molecule has 1 aliphatic heterocycles. The fourth-order valence-electron chi connectivity index (χ4n) is 2.43. The van der Waals surface area contributed by atoms with Gasteiger partial charge in [-0.3, -0.25) is 0 Å². The van der Waals surface area contributed by atoms with Crippen LogP contribution in [0.3, 0.4) is 0 Å². The number of ether oxygens (including phenoxy) is 3. The standard InChI is InChI=1S/C15H21Cl3O3Si/c1-4-5-11(2)15(3)20-9-12-8-13(6-7-14(12)21-15)19-10-22(16,17)18/h6-8,11H,4-5,9-10H2,1-3H3. The van der Waals surface area contributed by atoms with Crippen molar-refractivity contribution in [1.29, 1.82) is 0 Å². The molecule has 2 atom stereocenters. The quantitative estimate of drug-likeness (QED) is 0.491. The van der Waals surface area contributed by atoms with Crippen molar-refractivity contribution in [1.82, 2.24) is 0 Å². The Morgan fingerprint density at radius 1 is 1.36 bits per heavy atom. The van der Waals surface area contributed by atoms with Gasteiger partial charge in [0.25, 0.3) is 0 Å². The summed E-state index contributed by atoms with van der Waals surface area (Å²) in [5.74, 6) is 1.22. The Kier molecular flexibility index (Phi) is 5.94.